The summed E-state index contributed by atoms with van der Waals surface area (Å²) in [6.45, 7) is 2.01. The van der Waals surface area contributed by atoms with Crippen molar-refractivity contribution in [2.24, 2.45) is 0 Å². The molecule has 0 saturated heterocycles. The molecule has 0 radical (unpaired) electrons. The number of benzene rings is 1. The van der Waals surface area contributed by atoms with Crippen LogP contribution in [0.2, 0.25) is 5.02 Å². The van der Waals surface area contributed by atoms with E-state index in [1.165, 1.54) is 0 Å². The zero-order valence-electron chi connectivity index (χ0n) is 9.07. The largest absolute Gasteiger partial charge is 0.219 e. The molecule has 0 spiro atoms. The smallest absolute Gasteiger partial charge is 0.101 e. The Morgan fingerprint density at radius 3 is 2.88 bits per heavy atom. The van der Waals surface area contributed by atoms with Crippen LogP contribution < -0.4 is 0 Å². The summed E-state index contributed by atoms with van der Waals surface area (Å²) in [4.78, 5) is 0. The van der Waals surface area contributed by atoms with Crippen LogP contribution >= 0.6 is 45.8 Å². The molecule has 0 aliphatic heterocycles. The van der Waals surface area contributed by atoms with Crippen LogP contribution in [0.1, 0.15) is 24.4 Å². The molecule has 1 atom stereocenters. The third kappa shape index (κ3) is 2.92. The molecule has 3 nitrogen and oxygen atoms in total. The van der Waals surface area contributed by atoms with Crippen molar-refractivity contribution in [2.75, 3.05) is 0 Å². The van der Waals surface area contributed by atoms with Crippen LogP contribution in [0.25, 0.3) is 5.69 Å². The molecule has 1 aromatic heterocycles. The molecule has 2 aromatic rings. The summed E-state index contributed by atoms with van der Waals surface area (Å²) < 4.78 is 2.74. The highest BCUT2D eigenvalue weighted by atomic mass is 127. The molecule has 2 rings (SSSR count). The minimum atomic E-state index is -0.105. The van der Waals surface area contributed by atoms with E-state index in [9.17, 15) is 0 Å². The number of alkyl halides is 1. The molecule has 1 aromatic carbocycles. The quantitative estimate of drug-likeness (QED) is 0.588. The van der Waals surface area contributed by atoms with Gasteiger partial charge in [-0.25, -0.2) is 4.68 Å². The Hall–Kier alpha value is -0.330. The first-order valence-electron chi connectivity index (χ1n) is 5.13. The van der Waals surface area contributed by atoms with Crippen molar-refractivity contribution in [2.45, 2.75) is 18.7 Å². The highest BCUT2D eigenvalue weighted by molar-refractivity contribution is 14.1. The number of aromatic nitrogens is 3. The molecule has 1 unspecified atom stereocenters. The van der Waals surface area contributed by atoms with Gasteiger partial charge >= 0.3 is 0 Å². The summed E-state index contributed by atoms with van der Waals surface area (Å²) in [6, 6.07) is 5.77. The fraction of sp³-hybridized carbons (Fsp3) is 0.273. The van der Waals surface area contributed by atoms with Gasteiger partial charge in [-0.05, 0) is 47.2 Å². The Morgan fingerprint density at radius 1 is 1.47 bits per heavy atom. The minimum Gasteiger partial charge on any atom is -0.219 e. The monoisotopic (exact) mass is 381 g/mol. The number of hydrogen-bond donors (Lipinski definition) is 0. The molecule has 90 valence electrons. The van der Waals surface area contributed by atoms with Crippen LogP contribution in [-0.2, 0) is 0 Å². The van der Waals surface area contributed by atoms with Crippen molar-refractivity contribution in [1.82, 2.24) is 15.0 Å². The summed E-state index contributed by atoms with van der Waals surface area (Å²) in [7, 11) is 0. The second-order valence-corrected chi connectivity index (χ2v) is 5.74. The van der Waals surface area contributed by atoms with E-state index in [2.05, 4.69) is 32.9 Å². The fourth-order valence-electron chi connectivity index (χ4n) is 1.41. The van der Waals surface area contributed by atoms with Crippen molar-refractivity contribution in [3.05, 3.63) is 38.7 Å². The highest BCUT2D eigenvalue weighted by Gasteiger charge is 2.12. The van der Waals surface area contributed by atoms with E-state index < -0.39 is 0 Å². The molecule has 0 bridgehead atoms. The molecule has 1 heterocycles. The maximum Gasteiger partial charge on any atom is 0.101 e. The second-order valence-electron chi connectivity index (χ2n) is 3.56. The van der Waals surface area contributed by atoms with Gasteiger partial charge in [0.1, 0.15) is 5.69 Å². The van der Waals surface area contributed by atoms with Crippen molar-refractivity contribution in [1.29, 1.82) is 0 Å². The second kappa shape index (κ2) is 5.54. The number of hydrogen-bond acceptors (Lipinski definition) is 2. The first-order chi connectivity index (χ1) is 8.11. The first kappa shape index (κ1) is 13.1. The SMILES string of the molecule is CCC(Cl)c1cn(-c2ccc(I)cc2Cl)nn1. The van der Waals surface area contributed by atoms with E-state index in [1.54, 1.807) is 4.68 Å². The van der Waals surface area contributed by atoms with Gasteiger partial charge in [-0.2, -0.15) is 0 Å². The molecular weight excluding hydrogens is 372 g/mol. The summed E-state index contributed by atoms with van der Waals surface area (Å²) in [5.74, 6) is 0. The van der Waals surface area contributed by atoms with Crippen molar-refractivity contribution >= 4 is 45.8 Å². The van der Waals surface area contributed by atoms with E-state index in [0.29, 0.717) is 5.02 Å². The molecule has 6 heteroatoms. The number of rotatable bonds is 3. The number of halogens is 3. The average molecular weight is 382 g/mol. The normalized spacial score (nSPS) is 12.7. The van der Waals surface area contributed by atoms with Crippen molar-refractivity contribution in [3.63, 3.8) is 0 Å². The van der Waals surface area contributed by atoms with Gasteiger partial charge in [-0.1, -0.05) is 23.7 Å². The van der Waals surface area contributed by atoms with Crippen LogP contribution in [0.3, 0.4) is 0 Å². The van der Waals surface area contributed by atoms with E-state index in [1.807, 2.05) is 31.3 Å². The summed E-state index contributed by atoms with van der Waals surface area (Å²) in [5.41, 5.74) is 1.58. The Morgan fingerprint density at radius 2 is 2.24 bits per heavy atom. The van der Waals surface area contributed by atoms with Gasteiger partial charge in [0, 0.05) is 3.57 Å². The first-order valence-corrected chi connectivity index (χ1v) is 7.03. The third-order valence-electron chi connectivity index (χ3n) is 2.35. The van der Waals surface area contributed by atoms with Gasteiger partial charge in [-0.15, -0.1) is 16.7 Å². The topological polar surface area (TPSA) is 30.7 Å². The summed E-state index contributed by atoms with van der Waals surface area (Å²) in [5, 5.41) is 8.63. The molecule has 0 N–H and O–H groups in total. The average Bonchev–Trinajstić information content (AvgIpc) is 2.77. The molecule has 17 heavy (non-hydrogen) atoms. The number of nitrogens with zero attached hydrogens (tertiary/aromatic N) is 3. The zero-order valence-corrected chi connectivity index (χ0v) is 12.7. The van der Waals surface area contributed by atoms with E-state index in [4.69, 9.17) is 23.2 Å². The molecular formula is C11H10Cl2IN3. The maximum absolute atomic E-state index is 6.16. The van der Waals surface area contributed by atoms with Crippen LogP contribution in [-0.4, -0.2) is 15.0 Å². The minimum absolute atomic E-state index is 0.105. The lowest BCUT2D eigenvalue weighted by atomic mass is 10.2. The van der Waals surface area contributed by atoms with Crippen molar-refractivity contribution < 1.29 is 0 Å². The van der Waals surface area contributed by atoms with Gasteiger partial charge in [0.2, 0.25) is 0 Å². The van der Waals surface area contributed by atoms with Gasteiger partial charge in [0.05, 0.1) is 22.3 Å². The Labute approximate surface area is 123 Å². The van der Waals surface area contributed by atoms with Gasteiger partial charge < -0.3 is 0 Å². The van der Waals surface area contributed by atoms with Gasteiger partial charge in [-0.3, -0.25) is 0 Å². The molecule has 0 amide bonds. The standard InChI is InChI=1S/C11H10Cl2IN3/c1-2-8(12)10-6-17(16-15-10)11-4-3-7(14)5-9(11)13/h3-6,8H,2H2,1H3. The van der Waals surface area contributed by atoms with Crippen LogP contribution in [0, 0.1) is 3.57 Å². The fourth-order valence-corrected chi connectivity index (χ4v) is 2.46. The lowest BCUT2D eigenvalue weighted by molar-refractivity contribution is 0.786. The third-order valence-corrected chi connectivity index (χ3v) is 3.85. The Balaban J connectivity index is 2.37. The van der Waals surface area contributed by atoms with Crippen LogP contribution in [0.4, 0.5) is 0 Å². The highest BCUT2D eigenvalue weighted by Crippen LogP contribution is 2.25. The molecule has 0 aliphatic rings. The van der Waals surface area contributed by atoms with Crippen molar-refractivity contribution in [3.8, 4) is 5.69 Å². The molecule has 0 aliphatic carbocycles. The van der Waals surface area contributed by atoms with Crippen LogP contribution in [0.5, 0.6) is 0 Å². The Kier molecular flexibility index (Phi) is 4.27. The molecule has 0 saturated carbocycles. The van der Waals surface area contributed by atoms with E-state index in [-0.39, 0.29) is 5.38 Å². The lowest BCUT2D eigenvalue weighted by Crippen LogP contribution is -1.96. The summed E-state index contributed by atoms with van der Waals surface area (Å²) >= 11 is 14.5. The van der Waals surface area contributed by atoms with E-state index >= 15 is 0 Å². The predicted molar refractivity (Wildman–Crippen MR) is 78.0 cm³/mol. The zero-order chi connectivity index (χ0) is 12.4. The van der Waals surface area contributed by atoms with Gasteiger partial charge in [0.15, 0.2) is 0 Å². The van der Waals surface area contributed by atoms with E-state index in [0.717, 1.165) is 21.4 Å². The predicted octanol–water partition coefficient (Wildman–Crippen LogP) is 4.22. The lowest BCUT2D eigenvalue weighted by Gasteiger charge is -2.03. The molecule has 0 fully saturated rings. The van der Waals surface area contributed by atoms with Gasteiger partial charge in [0.25, 0.3) is 0 Å². The maximum atomic E-state index is 6.16. The summed E-state index contributed by atoms with van der Waals surface area (Å²) in [6.07, 6.45) is 2.63. The Bertz CT molecular complexity index is 527. The van der Waals surface area contributed by atoms with Crippen LogP contribution in [0.15, 0.2) is 24.4 Å².